The number of para-hydroxylation sites is 4. The molecule has 0 radical (unpaired) electrons. The highest BCUT2D eigenvalue weighted by molar-refractivity contribution is 6.35. The van der Waals surface area contributed by atoms with Gasteiger partial charge in [0.1, 0.15) is 23.0 Å². The lowest BCUT2D eigenvalue weighted by Gasteiger charge is -2.12. The van der Waals surface area contributed by atoms with Gasteiger partial charge in [0, 0.05) is 27.2 Å². The molecule has 0 N–H and O–H groups in total. The Morgan fingerprint density at radius 1 is 0.538 bits per heavy atom. The van der Waals surface area contributed by atoms with Crippen LogP contribution in [0.1, 0.15) is 0 Å². The number of rotatable bonds is 2. The van der Waals surface area contributed by atoms with Crippen LogP contribution in [0, 0.1) is 0 Å². The van der Waals surface area contributed by atoms with E-state index in [0.29, 0.717) is 0 Å². The molecular weight excluding hydrogens is 478 g/mol. The topological polar surface area (TPSA) is 35.9 Å². The summed E-state index contributed by atoms with van der Waals surface area (Å²) in [5.41, 5.74) is 8.28. The fraction of sp³-hybridized carbons (Fsp3) is 0. The van der Waals surface area contributed by atoms with E-state index in [2.05, 4.69) is 118 Å². The molecule has 39 heavy (non-hydrogen) atoms. The van der Waals surface area contributed by atoms with E-state index in [1.165, 1.54) is 21.5 Å². The fourth-order valence-corrected chi connectivity index (χ4v) is 6.37. The van der Waals surface area contributed by atoms with Gasteiger partial charge in [-0.25, -0.2) is 4.98 Å². The lowest BCUT2D eigenvalue weighted by atomic mass is 9.99. The Balaban J connectivity index is 1.51. The van der Waals surface area contributed by atoms with E-state index < -0.39 is 0 Å². The number of nitrogens with zero attached hydrogens (tertiary/aromatic N) is 3. The van der Waals surface area contributed by atoms with Crippen LogP contribution in [0.25, 0.3) is 76.9 Å². The number of fused-ring (bicyclic) bond motifs is 11. The molecule has 0 aliphatic carbocycles. The van der Waals surface area contributed by atoms with E-state index in [4.69, 9.17) is 9.40 Å². The number of imidazole rings is 1. The smallest absolute Gasteiger partial charge is 0.146 e. The molecule has 9 rings (SSSR count). The third-order valence-electron chi connectivity index (χ3n) is 7.98. The zero-order valence-electron chi connectivity index (χ0n) is 20.9. The minimum Gasteiger partial charge on any atom is -0.455 e. The Bertz CT molecular complexity index is 2390. The molecule has 6 aromatic carbocycles. The highest BCUT2D eigenvalue weighted by Crippen LogP contribution is 2.46. The second kappa shape index (κ2) is 7.59. The molecule has 3 heterocycles. The molecule has 4 nitrogen and oxygen atoms in total. The van der Waals surface area contributed by atoms with Gasteiger partial charge in [0.05, 0.1) is 27.6 Å². The Morgan fingerprint density at radius 2 is 1.23 bits per heavy atom. The van der Waals surface area contributed by atoms with Crippen LogP contribution in [0.5, 0.6) is 0 Å². The fourth-order valence-electron chi connectivity index (χ4n) is 6.37. The minimum atomic E-state index is 0.908. The van der Waals surface area contributed by atoms with Crippen molar-refractivity contribution in [2.24, 2.45) is 0 Å². The van der Waals surface area contributed by atoms with Crippen molar-refractivity contribution in [3.05, 3.63) is 128 Å². The van der Waals surface area contributed by atoms with E-state index >= 15 is 0 Å². The number of furan rings is 1. The van der Waals surface area contributed by atoms with Gasteiger partial charge < -0.3 is 8.98 Å². The summed E-state index contributed by atoms with van der Waals surface area (Å²) in [6.07, 6.45) is 1.92. The molecule has 0 fully saturated rings. The summed E-state index contributed by atoms with van der Waals surface area (Å²) >= 11 is 0. The summed E-state index contributed by atoms with van der Waals surface area (Å²) in [5, 5.41) is 7.00. The van der Waals surface area contributed by atoms with Gasteiger partial charge in [-0.1, -0.05) is 84.9 Å². The molecule has 0 atom stereocenters. The van der Waals surface area contributed by atoms with Crippen LogP contribution in [-0.2, 0) is 0 Å². The largest absolute Gasteiger partial charge is 0.455 e. The Labute approximate surface area is 222 Å². The Hall–Kier alpha value is -5.35. The summed E-state index contributed by atoms with van der Waals surface area (Å²) in [6.45, 7) is 0. The lowest BCUT2D eigenvalue weighted by molar-refractivity contribution is 0.673. The zero-order chi connectivity index (χ0) is 25.5. The van der Waals surface area contributed by atoms with Crippen LogP contribution in [0.3, 0.4) is 0 Å². The SMILES string of the molecule is c1ccc(-n2cnc3c(-n4c5ccccc5c5c6oc7ccccc7c6c6ccccc6c54)cccc32)cc1. The highest BCUT2D eigenvalue weighted by atomic mass is 16.3. The summed E-state index contributed by atoms with van der Waals surface area (Å²) < 4.78 is 11.2. The molecule has 3 aromatic heterocycles. The summed E-state index contributed by atoms with van der Waals surface area (Å²) in [7, 11) is 0. The number of hydrogen-bond acceptors (Lipinski definition) is 2. The van der Waals surface area contributed by atoms with Gasteiger partial charge in [-0.3, -0.25) is 4.57 Å². The van der Waals surface area contributed by atoms with E-state index in [1.54, 1.807) is 0 Å². The quantitative estimate of drug-likeness (QED) is 0.238. The van der Waals surface area contributed by atoms with Gasteiger partial charge >= 0.3 is 0 Å². The van der Waals surface area contributed by atoms with Crippen LogP contribution in [-0.4, -0.2) is 14.1 Å². The molecule has 0 aliphatic heterocycles. The average molecular weight is 500 g/mol. The van der Waals surface area contributed by atoms with Crippen molar-refractivity contribution in [2.75, 3.05) is 0 Å². The first-order chi connectivity index (χ1) is 19.4. The van der Waals surface area contributed by atoms with Crippen molar-refractivity contribution >= 4 is 65.6 Å². The first-order valence-electron chi connectivity index (χ1n) is 13.2. The van der Waals surface area contributed by atoms with Crippen molar-refractivity contribution in [1.82, 2.24) is 14.1 Å². The molecule has 0 amide bonds. The standard InChI is InChI=1S/C35H21N3O/c1-2-11-22(12-3-1)37-21-36-33-28(37)18-10-19-29(33)38-27-17-8-6-15-25(27)32-34(38)24-14-5-4-13-23(24)31-26-16-7-9-20-30(26)39-35(31)32/h1-21H. The third-order valence-corrected chi connectivity index (χ3v) is 7.98. The van der Waals surface area contributed by atoms with Gasteiger partial charge in [0.2, 0.25) is 0 Å². The highest BCUT2D eigenvalue weighted by Gasteiger charge is 2.23. The lowest BCUT2D eigenvalue weighted by Crippen LogP contribution is -1.97. The van der Waals surface area contributed by atoms with Crippen molar-refractivity contribution in [1.29, 1.82) is 0 Å². The molecule has 0 bridgehead atoms. The Kier molecular flexibility index (Phi) is 4.02. The van der Waals surface area contributed by atoms with Gasteiger partial charge in [0.25, 0.3) is 0 Å². The van der Waals surface area contributed by atoms with Gasteiger partial charge in [-0.15, -0.1) is 0 Å². The molecule has 0 aliphatic rings. The molecule has 0 spiro atoms. The average Bonchev–Trinajstić information content (AvgIpc) is 3.70. The second-order valence-corrected chi connectivity index (χ2v) is 10.0. The predicted molar refractivity (Wildman–Crippen MR) is 160 cm³/mol. The van der Waals surface area contributed by atoms with Crippen molar-refractivity contribution < 1.29 is 4.42 Å². The summed E-state index contributed by atoms with van der Waals surface area (Å²) in [4.78, 5) is 4.96. The molecule has 0 saturated carbocycles. The van der Waals surface area contributed by atoms with E-state index in [9.17, 15) is 0 Å². The van der Waals surface area contributed by atoms with Crippen molar-refractivity contribution in [3.63, 3.8) is 0 Å². The normalized spacial score (nSPS) is 12.1. The summed E-state index contributed by atoms with van der Waals surface area (Å²) in [6, 6.07) is 42.5. The van der Waals surface area contributed by atoms with E-state index in [1.807, 2.05) is 18.5 Å². The van der Waals surface area contributed by atoms with Gasteiger partial charge in [-0.2, -0.15) is 0 Å². The maximum atomic E-state index is 6.65. The van der Waals surface area contributed by atoms with Gasteiger partial charge in [-0.05, 0) is 41.8 Å². The first kappa shape index (κ1) is 20.7. The van der Waals surface area contributed by atoms with Crippen molar-refractivity contribution in [3.8, 4) is 11.4 Å². The van der Waals surface area contributed by atoms with E-state index in [-0.39, 0.29) is 0 Å². The van der Waals surface area contributed by atoms with Gasteiger partial charge in [0.15, 0.2) is 0 Å². The minimum absolute atomic E-state index is 0.908. The van der Waals surface area contributed by atoms with Crippen LogP contribution in [0.2, 0.25) is 0 Å². The number of hydrogen-bond donors (Lipinski definition) is 0. The molecule has 4 heteroatoms. The number of benzene rings is 6. The van der Waals surface area contributed by atoms with Crippen LogP contribution < -0.4 is 0 Å². The summed E-state index contributed by atoms with van der Waals surface area (Å²) in [5.74, 6) is 0. The third kappa shape index (κ3) is 2.70. The molecule has 182 valence electrons. The van der Waals surface area contributed by atoms with Crippen LogP contribution in [0.4, 0.5) is 0 Å². The Morgan fingerprint density at radius 3 is 2.10 bits per heavy atom. The zero-order valence-corrected chi connectivity index (χ0v) is 20.9. The van der Waals surface area contributed by atoms with Crippen molar-refractivity contribution in [2.45, 2.75) is 0 Å². The maximum Gasteiger partial charge on any atom is 0.146 e. The monoisotopic (exact) mass is 499 g/mol. The second-order valence-electron chi connectivity index (χ2n) is 10.0. The molecule has 0 unspecified atom stereocenters. The molecular formula is C35H21N3O. The van der Waals surface area contributed by atoms with Crippen LogP contribution in [0.15, 0.2) is 132 Å². The van der Waals surface area contributed by atoms with E-state index in [0.717, 1.165) is 55.4 Å². The predicted octanol–water partition coefficient (Wildman–Crippen LogP) is 9.18. The first-order valence-corrected chi connectivity index (χ1v) is 13.2. The maximum absolute atomic E-state index is 6.65. The van der Waals surface area contributed by atoms with Crippen LogP contribution >= 0.6 is 0 Å². The molecule has 9 aromatic rings. The molecule has 0 saturated heterocycles. The number of aromatic nitrogens is 3.